The van der Waals surface area contributed by atoms with E-state index in [1.807, 2.05) is 41.4 Å². The third-order valence-electron chi connectivity index (χ3n) is 5.32. The van der Waals surface area contributed by atoms with Gasteiger partial charge in [0, 0.05) is 30.3 Å². The zero-order valence-electron chi connectivity index (χ0n) is 13.9. The van der Waals surface area contributed by atoms with Crippen LogP contribution in [0.4, 0.5) is 0 Å². The molecule has 0 unspecified atom stereocenters. The number of benzene rings is 1. The summed E-state index contributed by atoms with van der Waals surface area (Å²) in [6.45, 7) is 3.89. The minimum absolute atomic E-state index is 0. The molecule has 1 spiro atoms. The molecule has 2 aliphatic heterocycles. The second-order valence-corrected chi connectivity index (χ2v) is 7.76. The Labute approximate surface area is 162 Å². The summed E-state index contributed by atoms with van der Waals surface area (Å²) in [4.78, 5) is 14.7. The largest absolute Gasteiger partial charge is 0.337 e. The van der Waals surface area contributed by atoms with Gasteiger partial charge < -0.3 is 10.2 Å². The smallest absolute Gasteiger partial charge is 0.274 e. The van der Waals surface area contributed by atoms with Crippen LogP contribution in [0.2, 0.25) is 0 Å². The number of carbonyl (C=O) groups excluding carboxylic acids is 1. The molecule has 0 bridgehead atoms. The van der Waals surface area contributed by atoms with Crippen LogP contribution in [0.3, 0.4) is 0 Å². The van der Waals surface area contributed by atoms with E-state index < -0.39 is 0 Å². The van der Waals surface area contributed by atoms with Gasteiger partial charge in [0.2, 0.25) is 0 Å². The Bertz CT molecular complexity index is 747. The molecule has 134 valence electrons. The number of rotatable bonds is 2. The monoisotopic (exact) mass is 424 g/mol. The second kappa shape index (κ2) is 7.48. The molecule has 2 saturated heterocycles. The Balaban J connectivity index is 0.00000182. The third-order valence-corrected chi connectivity index (χ3v) is 5.82. The summed E-state index contributed by atoms with van der Waals surface area (Å²) in [7, 11) is 0. The lowest BCUT2D eigenvalue weighted by atomic mass is 9.78. The predicted molar refractivity (Wildman–Crippen MR) is 104 cm³/mol. The molecule has 1 aromatic carbocycles. The van der Waals surface area contributed by atoms with E-state index in [4.69, 9.17) is 0 Å². The highest BCUT2D eigenvalue weighted by Gasteiger charge is 2.38. The van der Waals surface area contributed by atoms with Gasteiger partial charge in [0.15, 0.2) is 5.69 Å². The highest BCUT2D eigenvalue weighted by molar-refractivity contribution is 9.10. The van der Waals surface area contributed by atoms with Gasteiger partial charge in [-0.05, 0) is 55.5 Å². The zero-order chi connectivity index (χ0) is 16.6. The standard InChI is InChI=1S/C18H21BrN4O.ClH/c19-14-2-1-3-15(12-14)23-9-4-16(21-23)17(24)22-10-6-18(7-11-22)5-8-20-13-18;/h1-4,9,12,20H,5-8,10-11,13H2;1H. The van der Waals surface area contributed by atoms with E-state index in [9.17, 15) is 4.79 Å². The van der Waals surface area contributed by atoms with Gasteiger partial charge in [-0.15, -0.1) is 12.4 Å². The first-order valence-corrected chi connectivity index (χ1v) is 9.26. The highest BCUT2D eigenvalue weighted by atomic mass is 79.9. The minimum atomic E-state index is 0. The number of amides is 1. The van der Waals surface area contributed by atoms with E-state index in [1.54, 1.807) is 4.68 Å². The van der Waals surface area contributed by atoms with E-state index in [0.29, 0.717) is 11.1 Å². The van der Waals surface area contributed by atoms with Gasteiger partial charge in [0.05, 0.1) is 5.69 Å². The Kier molecular flexibility index (Phi) is 5.51. The van der Waals surface area contributed by atoms with Crippen molar-refractivity contribution in [3.63, 3.8) is 0 Å². The van der Waals surface area contributed by atoms with Crippen LogP contribution in [0.25, 0.3) is 5.69 Å². The topological polar surface area (TPSA) is 50.2 Å². The predicted octanol–water partition coefficient (Wildman–Crippen LogP) is 3.27. The maximum Gasteiger partial charge on any atom is 0.274 e. The molecule has 2 fully saturated rings. The fraction of sp³-hybridized carbons (Fsp3) is 0.444. The Hall–Kier alpha value is -1.37. The van der Waals surface area contributed by atoms with Crippen LogP contribution in [-0.2, 0) is 0 Å². The number of halogens is 2. The molecule has 2 aromatic rings. The van der Waals surface area contributed by atoms with Crippen LogP contribution < -0.4 is 5.32 Å². The molecule has 5 nitrogen and oxygen atoms in total. The van der Waals surface area contributed by atoms with Gasteiger partial charge in [-0.3, -0.25) is 4.79 Å². The van der Waals surface area contributed by atoms with E-state index in [2.05, 4.69) is 26.3 Å². The van der Waals surface area contributed by atoms with Gasteiger partial charge in [0.1, 0.15) is 0 Å². The highest BCUT2D eigenvalue weighted by Crippen LogP contribution is 2.37. The van der Waals surface area contributed by atoms with Crippen molar-refractivity contribution >= 4 is 34.2 Å². The fourth-order valence-electron chi connectivity index (χ4n) is 3.77. The van der Waals surface area contributed by atoms with Crippen LogP contribution in [0.15, 0.2) is 41.0 Å². The van der Waals surface area contributed by atoms with E-state index in [-0.39, 0.29) is 18.3 Å². The third kappa shape index (κ3) is 3.76. The molecule has 0 aliphatic carbocycles. The molecule has 1 N–H and O–H groups in total. The van der Waals surface area contributed by atoms with Gasteiger partial charge in [-0.25, -0.2) is 4.68 Å². The number of hydrogen-bond acceptors (Lipinski definition) is 3. The fourth-order valence-corrected chi connectivity index (χ4v) is 4.16. The summed E-state index contributed by atoms with van der Waals surface area (Å²) in [5.74, 6) is 0.0459. The van der Waals surface area contributed by atoms with Crippen LogP contribution in [-0.4, -0.2) is 46.8 Å². The van der Waals surface area contributed by atoms with Gasteiger partial charge >= 0.3 is 0 Å². The number of carbonyl (C=O) groups is 1. The second-order valence-electron chi connectivity index (χ2n) is 6.84. The van der Waals surface area contributed by atoms with Crippen molar-refractivity contribution in [3.8, 4) is 5.69 Å². The molecule has 2 aliphatic rings. The van der Waals surface area contributed by atoms with Crippen molar-refractivity contribution in [3.05, 3.63) is 46.7 Å². The van der Waals surface area contributed by atoms with Gasteiger partial charge in [0.25, 0.3) is 5.91 Å². The van der Waals surface area contributed by atoms with E-state index in [0.717, 1.165) is 49.2 Å². The number of nitrogens with zero attached hydrogens (tertiary/aromatic N) is 3. The SMILES string of the molecule is Cl.O=C(c1ccn(-c2cccc(Br)c2)n1)N1CCC2(CCNC2)CC1. The quantitative estimate of drug-likeness (QED) is 0.803. The molecule has 7 heteroatoms. The van der Waals surface area contributed by atoms with Gasteiger partial charge in [-0.2, -0.15) is 5.10 Å². The maximum absolute atomic E-state index is 12.7. The van der Waals surface area contributed by atoms with Crippen molar-refractivity contribution in [1.82, 2.24) is 20.0 Å². The molecule has 0 atom stereocenters. The molecule has 1 aromatic heterocycles. The number of piperidine rings is 1. The lowest BCUT2D eigenvalue weighted by Gasteiger charge is -2.38. The van der Waals surface area contributed by atoms with Crippen LogP contribution in [0.5, 0.6) is 0 Å². The number of hydrogen-bond donors (Lipinski definition) is 1. The summed E-state index contributed by atoms with van der Waals surface area (Å²) < 4.78 is 2.75. The minimum Gasteiger partial charge on any atom is -0.337 e. The molecule has 1 amide bonds. The lowest BCUT2D eigenvalue weighted by molar-refractivity contribution is 0.0601. The van der Waals surface area contributed by atoms with Crippen molar-refractivity contribution in [2.45, 2.75) is 19.3 Å². The van der Waals surface area contributed by atoms with E-state index in [1.165, 1.54) is 6.42 Å². The van der Waals surface area contributed by atoms with E-state index >= 15 is 0 Å². The van der Waals surface area contributed by atoms with Crippen molar-refractivity contribution in [2.75, 3.05) is 26.2 Å². The summed E-state index contributed by atoms with van der Waals surface area (Å²) in [5, 5.41) is 7.94. The number of likely N-dealkylation sites (tertiary alicyclic amines) is 1. The van der Waals surface area contributed by atoms with Crippen molar-refractivity contribution < 1.29 is 4.79 Å². The molecular weight excluding hydrogens is 404 g/mol. The van der Waals surface area contributed by atoms with Crippen LogP contribution in [0, 0.1) is 5.41 Å². The number of aromatic nitrogens is 2. The normalized spacial score (nSPS) is 19.0. The Morgan fingerprint density at radius 2 is 2.00 bits per heavy atom. The summed E-state index contributed by atoms with van der Waals surface area (Å²) in [6, 6.07) is 9.70. The molecular formula is C18H22BrClN4O. The average molecular weight is 426 g/mol. The maximum atomic E-state index is 12.7. The zero-order valence-corrected chi connectivity index (χ0v) is 16.4. The van der Waals surface area contributed by atoms with Gasteiger partial charge in [-0.1, -0.05) is 22.0 Å². The summed E-state index contributed by atoms with van der Waals surface area (Å²) in [6.07, 6.45) is 5.28. The molecule has 3 heterocycles. The van der Waals surface area contributed by atoms with Crippen LogP contribution >= 0.6 is 28.3 Å². The molecule has 0 radical (unpaired) electrons. The first-order chi connectivity index (χ1) is 11.7. The van der Waals surface area contributed by atoms with Crippen LogP contribution in [0.1, 0.15) is 29.8 Å². The molecule has 0 saturated carbocycles. The molecule has 4 rings (SSSR count). The lowest BCUT2D eigenvalue weighted by Crippen LogP contribution is -2.44. The Morgan fingerprint density at radius 3 is 2.68 bits per heavy atom. The average Bonchev–Trinajstić information content (AvgIpc) is 3.25. The van der Waals surface area contributed by atoms with Crippen molar-refractivity contribution in [1.29, 1.82) is 0 Å². The molecule has 25 heavy (non-hydrogen) atoms. The first-order valence-electron chi connectivity index (χ1n) is 8.47. The summed E-state index contributed by atoms with van der Waals surface area (Å²) in [5.41, 5.74) is 1.89. The summed E-state index contributed by atoms with van der Waals surface area (Å²) >= 11 is 3.47. The first kappa shape index (κ1) is 18.4. The number of nitrogens with one attached hydrogen (secondary N) is 1. The Morgan fingerprint density at radius 1 is 1.20 bits per heavy atom. The van der Waals surface area contributed by atoms with Crippen molar-refractivity contribution in [2.24, 2.45) is 5.41 Å².